The normalized spacial score (nSPS) is 17.8. The van der Waals surface area contributed by atoms with Crippen LogP contribution in [0.25, 0.3) is 22.0 Å². The maximum atomic E-state index is 12.6. The number of hydrogen-bond donors (Lipinski definition) is 0. The van der Waals surface area contributed by atoms with Crippen LogP contribution in [0.4, 0.5) is 4.79 Å². The van der Waals surface area contributed by atoms with Gasteiger partial charge in [0.1, 0.15) is 11.8 Å². The highest BCUT2D eigenvalue weighted by atomic mass is 35.5. The first-order valence-electron chi connectivity index (χ1n) is 9.52. The largest absolute Gasteiger partial charge is 0.443 e. The van der Waals surface area contributed by atoms with Gasteiger partial charge < -0.3 is 9.47 Å². The fourth-order valence-corrected chi connectivity index (χ4v) is 3.76. The van der Waals surface area contributed by atoms with Crippen molar-refractivity contribution in [3.05, 3.63) is 41.8 Å². The molecule has 1 aromatic carbocycles. The van der Waals surface area contributed by atoms with Crippen molar-refractivity contribution in [2.24, 2.45) is 0 Å². The maximum absolute atomic E-state index is 12.6. The number of carbonyl (C=O) groups is 1. The van der Waals surface area contributed by atoms with E-state index in [1.54, 1.807) is 12.3 Å². The number of hydrogen-bond acceptors (Lipinski definition) is 4. The van der Waals surface area contributed by atoms with Crippen molar-refractivity contribution < 1.29 is 14.3 Å². The van der Waals surface area contributed by atoms with E-state index in [1.807, 2.05) is 50.0 Å². The molecule has 1 aliphatic heterocycles. The molecule has 7 heteroatoms. The quantitative estimate of drug-likeness (QED) is 0.557. The number of benzene rings is 1. The van der Waals surface area contributed by atoms with Crippen LogP contribution < -0.4 is 0 Å². The van der Waals surface area contributed by atoms with Crippen LogP contribution in [0.15, 0.2) is 36.8 Å². The molecule has 2 aromatic heterocycles. The van der Waals surface area contributed by atoms with Gasteiger partial charge in [-0.3, -0.25) is 4.57 Å². The molecule has 3 aromatic rings. The average Bonchev–Trinajstić information content (AvgIpc) is 3.29. The van der Waals surface area contributed by atoms with Gasteiger partial charge >= 0.3 is 6.09 Å². The first-order chi connectivity index (χ1) is 13.3. The van der Waals surface area contributed by atoms with Gasteiger partial charge in [0.25, 0.3) is 0 Å². The van der Waals surface area contributed by atoms with Crippen molar-refractivity contribution in [3.63, 3.8) is 0 Å². The number of aromatic nitrogens is 3. The molecule has 3 heterocycles. The van der Waals surface area contributed by atoms with E-state index in [2.05, 4.69) is 5.10 Å². The third-order valence-electron chi connectivity index (χ3n) is 4.75. The summed E-state index contributed by atoms with van der Waals surface area (Å²) in [6.45, 7) is 6.28. The summed E-state index contributed by atoms with van der Waals surface area (Å²) in [7, 11) is 0. The number of carbonyl (C=O) groups excluding carboxylic acids is 1. The summed E-state index contributed by atoms with van der Waals surface area (Å²) < 4.78 is 14.7. The highest BCUT2D eigenvalue weighted by Crippen LogP contribution is 2.35. The van der Waals surface area contributed by atoms with E-state index in [4.69, 9.17) is 21.1 Å². The summed E-state index contributed by atoms with van der Waals surface area (Å²) in [4.78, 5) is 12.6. The molecule has 0 spiro atoms. The molecular weight excluding hydrogens is 378 g/mol. The molecule has 0 amide bonds. The monoisotopic (exact) mass is 401 g/mol. The van der Waals surface area contributed by atoms with Crippen molar-refractivity contribution in [1.82, 2.24) is 14.3 Å². The summed E-state index contributed by atoms with van der Waals surface area (Å²) in [5.41, 5.74) is 1.97. The first kappa shape index (κ1) is 19.0. The van der Waals surface area contributed by atoms with Gasteiger partial charge in [0.2, 0.25) is 0 Å². The van der Waals surface area contributed by atoms with E-state index in [1.165, 1.54) is 4.57 Å². The lowest BCUT2D eigenvalue weighted by atomic mass is 10.1. The smallest absolute Gasteiger partial charge is 0.419 e. The van der Waals surface area contributed by atoms with Gasteiger partial charge in [0, 0.05) is 30.0 Å². The van der Waals surface area contributed by atoms with Gasteiger partial charge in [-0.2, -0.15) is 5.10 Å². The number of nitrogens with zero attached hydrogens (tertiary/aromatic N) is 3. The molecule has 4 rings (SSSR count). The highest BCUT2D eigenvalue weighted by molar-refractivity contribution is 6.36. The summed E-state index contributed by atoms with van der Waals surface area (Å²) in [5, 5.41) is 5.87. The second-order valence-electron chi connectivity index (χ2n) is 8.05. The third kappa shape index (κ3) is 3.66. The van der Waals surface area contributed by atoms with Crippen LogP contribution >= 0.6 is 11.6 Å². The predicted molar refractivity (Wildman–Crippen MR) is 109 cm³/mol. The molecule has 1 saturated heterocycles. The second kappa shape index (κ2) is 7.26. The van der Waals surface area contributed by atoms with Crippen LogP contribution in [0.2, 0.25) is 5.02 Å². The Morgan fingerprint density at radius 1 is 1.29 bits per heavy atom. The number of halogens is 1. The van der Waals surface area contributed by atoms with E-state index in [0.29, 0.717) is 10.5 Å². The van der Waals surface area contributed by atoms with Crippen LogP contribution in [0.3, 0.4) is 0 Å². The minimum Gasteiger partial charge on any atom is -0.443 e. The molecule has 1 aliphatic rings. The SMILES string of the molecule is CC(C)(C)OC(=O)n1ccc2c(-c3cnn(C4CCCCO4)c3)ccc(Cl)c21. The lowest BCUT2D eigenvalue weighted by molar-refractivity contribution is -0.0394. The second-order valence-corrected chi connectivity index (χ2v) is 8.46. The van der Waals surface area contributed by atoms with Gasteiger partial charge in [0.05, 0.1) is 16.7 Å². The van der Waals surface area contributed by atoms with Crippen molar-refractivity contribution in [2.45, 2.75) is 51.9 Å². The van der Waals surface area contributed by atoms with Crippen molar-refractivity contribution in [3.8, 4) is 11.1 Å². The fraction of sp³-hybridized carbons (Fsp3) is 0.429. The highest BCUT2D eigenvalue weighted by Gasteiger charge is 2.22. The number of rotatable bonds is 2. The Hall–Kier alpha value is -2.31. The first-order valence-corrected chi connectivity index (χ1v) is 9.90. The van der Waals surface area contributed by atoms with Gasteiger partial charge in [-0.25, -0.2) is 9.48 Å². The zero-order valence-corrected chi connectivity index (χ0v) is 17.1. The van der Waals surface area contributed by atoms with Crippen LogP contribution in [0.5, 0.6) is 0 Å². The van der Waals surface area contributed by atoms with E-state index in [0.717, 1.165) is 42.4 Å². The molecule has 0 bridgehead atoms. The summed E-state index contributed by atoms with van der Waals surface area (Å²) >= 11 is 6.44. The lowest BCUT2D eigenvalue weighted by Gasteiger charge is -2.22. The van der Waals surface area contributed by atoms with Crippen molar-refractivity contribution in [1.29, 1.82) is 0 Å². The molecule has 148 valence electrons. The van der Waals surface area contributed by atoms with Crippen LogP contribution in [-0.2, 0) is 9.47 Å². The minimum absolute atomic E-state index is 0.0170. The minimum atomic E-state index is -0.584. The molecule has 1 unspecified atom stereocenters. The van der Waals surface area contributed by atoms with Gasteiger partial charge in [-0.1, -0.05) is 17.7 Å². The van der Waals surface area contributed by atoms with Gasteiger partial charge in [0.15, 0.2) is 0 Å². The Morgan fingerprint density at radius 3 is 2.82 bits per heavy atom. The topological polar surface area (TPSA) is 58.3 Å². The molecule has 0 radical (unpaired) electrons. The van der Waals surface area contributed by atoms with Gasteiger partial charge in [-0.15, -0.1) is 0 Å². The van der Waals surface area contributed by atoms with E-state index in [-0.39, 0.29) is 6.23 Å². The van der Waals surface area contributed by atoms with Crippen molar-refractivity contribution >= 4 is 28.6 Å². The zero-order valence-electron chi connectivity index (χ0n) is 16.3. The molecular formula is C21H24ClN3O3. The van der Waals surface area contributed by atoms with Crippen molar-refractivity contribution in [2.75, 3.05) is 6.61 Å². The predicted octanol–water partition coefficient (Wildman–Crippen LogP) is 5.64. The molecule has 6 nitrogen and oxygen atoms in total. The molecule has 0 N–H and O–H groups in total. The summed E-state index contributed by atoms with van der Waals surface area (Å²) in [6, 6.07) is 5.64. The Kier molecular flexibility index (Phi) is 4.93. The van der Waals surface area contributed by atoms with E-state index in [9.17, 15) is 4.79 Å². The standard InChI is InChI=1S/C21H24ClN3O3/c1-21(2,3)28-20(26)24-10-9-16-15(7-8-17(22)19(16)24)14-12-23-25(13-14)18-6-4-5-11-27-18/h7-10,12-13,18H,4-6,11H2,1-3H3. The van der Waals surface area contributed by atoms with E-state index < -0.39 is 11.7 Å². The average molecular weight is 402 g/mol. The molecule has 28 heavy (non-hydrogen) atoms. The van der Waals surface area contributed by atoms with E-state index >= 15 is 0 Å². The molecule has 0 aliphatic carbocycles. The molecule has 0 saturated carbocycles. The molecule has 1 fully saturated rings. The maximum Gasteiger partial charge on any atom is 0.419 e. The van der Waals surface area contributed by atoms with Crippen LogP contribution in [0.1, 0.15) is 46.3 Å². The summed E-state index contributed by atoms with van der Waals surface area (Å²) in [5.74, 6) is 0. The number of ether oxygens (including phenoxy) is 2. The fourth-order valence-electron chi connectivity index (χ4n) is 3.50. The number of fused-ring (bicyclic) bond motifs is 1. The van der Waals surface area contributed by atoms with Crippen LogP contribution in [0, 0.1) is 0 Å². The van der Waals surface area contributed by atoms with Crippen LogP contribution in [-0.4, -0.2) is 32.6 Å². The lowest BCUT2D eigenvalue weighted by Crippen LogP contribution is -2.26. The third-order valence-corrected chi connectivity index (χ3v) is 5.06. The Balaban J connectivity index is 1.72. The Morgan fingerprint density at radius 2 is 2.11 bits per heavy atom. The Bertz CT molecular complexity index is 1010. The van der Waals surface area contributed by atoms with Gasteiger partial charge in [-0.05, 0) is 57.7 Å². The molecule has 1 atom stereocenters. The Labute approximate surface area is 169 Å². The zero-order chi connectivity index (χ0) is 19.9. The summed E-state index contributed by atoms with van der Waals surface area (Å²) in [6.07, 6.45) is 8.25.